The first-order chi connectivity index (χ1) is 12.5. The van der Waals surface area contributed by atoms with E-state index in [2.05, 4.69) is 14.3 Å². The number of nitrogens with zero attached hydrogens (tertiary/aromatic N) is 2. The number of halogens is 2. The van der Waals surface area contributed by atoms with E-state index in [1.165, 1.54) is 0 Å². The molecule has 2 heterocycles. The van der Waals surface area contributed by atoms with Gasteiger partial charge < -0.3 is 4.57 Å². The van der Waals surface area contributed by atoms with Crippen molar-refractivity contribution in [3.63, 3.8) is 0 Å². The molecule has 0 saturated carbocycles. The number of fused-ring (bicyclic) bond motifs is 1. The molecule has 1 N–H and O–H groups in total. The standard InChI is InChI=1S/C18H15F2N3O2S/c19-14-3-1-4-15(20)18(14)26(24,25)22-13-8-6-12(7-9-13)16-11-21-17-5-2-10-23(16)17/h1,3-4,6-9,11,22H,2,5,10H2. The van der Waals surface area contributed by atoms with Gasteiger partial charge in [0, 0.05) is 18.7 Å². The van der Waals surface area contributed by atoms with Crippen molar-refractivity contribution in [2.24, 2.45) is 0 Å². The highest BCUT2D eigenvalue weighted by Gasteiger charge is 2.24. The molecule has 1 aromatic heterocycles. The molecule has 134 valence electrons. The molecule has 26 heavy (non-hydrogen) atoms. The van der Waals surface area contributed by atoms with Crippen molar-refractivity contribution >= 4 is 15.7 Å². The van der Waals surface area contributed by atoms with Crippen molar-refractivity contribution in [1.82, 2.24) is 9.55 Å². The predicted molar refractivity (Wildman–Crippen MR) is 93.2 cm³/mol. The van der Waals surface area contributed by atoms with Crippen LogP contribution in [0.1, 0.15) is 12.2 Å². The Bertz CT molecular complexity index is 1060. The monoisotopic (exact) mass is 375 g/mol. The third kappa shape index (κ3) is 2.86. The van der Waals surface area contributed by atoms with E-state index < -0.39 is 26.6 Å². The maximum absolute atomic E-state index is 13.8. The van der Waals surface area contributed by atoms with Crippen LogP contribution < -0.4 is 4.72 Å². The molecule has 0 saturated heterocycles. The fourth-order valence-corrected chi connectivity index (χ4v) is 4.34. The average molecular weight is 375 g/mol. The van der Waals surface area contributed by atoms with Gasteiger partial charge in [-0.05, 0) is 36.2 Å². The van der Waals surface area contributed by atoms with Crippen LogP contribution in [0.25, 0.3) is 11.3 Å². The maximum Gasteiger partial charge on any atom is 0.267 e. The summed E-state index contributed by atoms with van der Waals surface area (Å²) in [6, 6.07) is 9.53. The number of nitrogens with one attached hydrogen (secondary N) is 1. The van der Waals surface area contributed by atoms with Crippen LogP contribution >= 0.6 is 0 Å². The van der Waals surface area contributed by atoms with Crippen LogP contribution in [0.5, 0.6) is 0 Å². The van der Waals surface area contributed by atoms with Gasteiger partial charge in [-0.1, -0.05) is 18.2 Å². The molecule has 0 spiro atoms. The Labute approximate surface area is 149 Å². The van der Waals surface area contributed by atoms with E-state index in [1.807, 2.05) is 0 Å². The van der Waals surface area contributed by atoms with Crippen molar-refractivity contribution in [1.29, 1.82) is 0 Å². The highest BCUT2D eigenvalue weighted by Crippen LogP contribution is 2.27. The summed E-state index contributed by atoms with van der Waals surface area (Å²) in [5, 5.41) is 0. The SMILES string of the molecule is O=S(=O)(Nc1ccc(-c2cnc3n2CCC3)cc1)c1c(F)cccc1F. The van der Waals surface area contributed by atoms with Crippen LogP contribution in [0.3, 0.4) is 0 Å². The Balaban J connectivity index is 1.61. The molecule has 0 atom stereocenters. The van der Waals surface area contributed by atoms with Crippen molar-refractivity contribution in [2.75, 3.05) is 4.72 Å². The lowest BCUT2D eigenvalue weighted by atomic mass is 10.1. The highest BCUT2D eigenvalue weighted by molar-refractivity contribution is 7.92. The summed E-state index contributed by atoms with van der Waals surface area (Å²) in [5.41, 5.74) is 2.08. The van der Waals surface area contributed by atoms with Gasteiger partial charge in [0.2, 0.25) is 0 Å². The molecule has 1 aliphatic rings. The van der Waals surface area contributed by atoms with Gasteiger partial charge in [0.15, 0.2) is 4.90 Å². The van der Waals surface area contributed by atoms with Crippen molar-refractivity contribution in [3.8, 4) is 11.3 Å². The summed E-state index contributed by atoms with van der Waals surface area (Å²) in [4.78, 5) is 3.39. The Kier molecular flexibility index (Phi) is 3.99. The van der Waals surface area contributed by atoms with Crippen LogP contribution in [0.4, 0.5) is 14.5 Å². The number of sulfonamides is 1. The van der Waals surface area contributed by atoms with E-state index in [4.69, 9.17) is 0 Å². The number of benzene rings is 2. The molecule has 8 heteroatoms. The first kappa shape index (κ1) is 16.7. The van der Waals surface area contributed by atoms with Gasteiger partial charge in [-0.3, -0.25) is 4.72 Å². The minimum absolute atomic E-state index is 0.220. The average Bonchev–Trinajstić information content (AvgIpc) is 3.18. The zero-order chi connectivity index (χ0) is 18.3. The zero-order valence-corrected chi connectivity index (χ0v) is 14.4. The van der Waals surface area contributed by atoms with Gasteiger partial charge in [-0.2, -0.15) is 0 Å². The Morgan fingerprint density at radius 3 is 2.42 bits per heavy atom. The van der Waals surface area contributed by atoms with Crippen molar-refractivity contribution in [3.05, 3.63) is 66.1 Å². The molecule has 0 bridgehead atoms. The number of rotatable bonds is 4. The lowest BCUT2D eigenvalue weighted by Crippen LogP contribution is -2.16. The Morgan fingerprint density at radius 1 is 1.04 bits per heavy atom. The fourth-order valence-electron chi connectivity index (χ4n) is 3.14. The largest absolute Gasteiger partial charge is 0.328 e. The van der Waals surface area contributed by atoms with Crippen LogP contribution in [-0.4, -0.2) is 18.0 Å². The van der Waals surface area contributed by atoms with E-state index in [1.54, 1.807) is 30.5 Å². The van der Waals surface area contributed by atoms with Crippen LogP contribution in [0.15, 0.2) is 53.6 Å². The summed E-state index contributed by atoms with van der Waals surface area (Å²) in [6.07, 6.45) is 3.80. The van der Waals surface area contributed by atoms with Gasteiger partial charge >= 0.3 is 0 Å². The number of hydrogen-bond donors (Lipinski definition) is 1. The lowest BCUT2D eigenvalue weighted by molar-refractivity contribution is 0.521. The Morgan fingerprint density at radius 2 is 1.73 bits per heavy atom. The smallest absolute Gasteiger partial charge is 0.267 e. The first-order valence-electron chi connectivity index (χ1n) is 8.07. The second kappa shape index (κ2) is 6.21. The van der Waals surface area contributed by atoms with E-state index >= 15 is 0 Å². The van der Waals surface area contributed by atoms with E-state index in [-0.39, 0.29) is 5.69 Å². The third-order valence-electron chi connectivity index (χ3n) is 4.34. The quantitative estimate of drug-likeness (QED) is 0.758. The van der Waals surface area contributed by atoms with Gasteiger partial charge in [0.1, 0.15) is 17.5 Å². The number of hydrogen-bond acceptors (Lipinski definition) is 3. The van der Waals surface area contributed by atoms with Gasteiger partial charge in [-0.15, -0.1) is 0 Å². The van der Waals surface area contributed by atoms with Crippen LogP contribution in [-0.2, 0) is 23.0 Å². The minimum Gasteiger partial charge on any atom is -0.328 e. The van der Waals surface area contributed by atoms with Crippen LogP contribution in [0, 0.1) is 11.6 Å². The van der Waals surface area contributed by atoms with Gasteiger partial charge in [0.05, 0.1) is 11.9 Å². The molecule has 0 amide bonds. The molecule has 0 unspecified atom stereocenters. The second-order valence-corrected chi connectivity index (χ2v) is 7.67. The highest BCUT2D eigenvalue weighted by atomic mass is 32.2. The first-order valence-corrected chi connectivity index (χ1v) is 9.56. The molecule has 0 fully saturated rings. The number of aromatic nitrogens is 2. The summed E-state index contributed by atoms with van der Waals surface area (Å²) >= 11 is 0. The normalized spacial score (nSPS) is 13.6. The number of imidazole rings is 1. The molecule has 3 aromatic rings. The summed E-state index contributed by atoms with van der Waals surface area (Å²) < 4.78 is 56.5. The maximum atomic E-state index is 13.8. The third-order valence-corrected chi connectivity index (χ3v) is 5.77. The van der Waals surface area contributed by atoms with Gasteiger partial charge in [-0.25, -0.2) is 22.2 Å². The van der Waals surface area contributed by atoms with E-state index in [0.717, 1.165) is 54.7 Å². The molecule has 1 aliphatic heterocycles. The molecule has 5 nitrogen and oxygen atoms in total. The second-order valence-electron chi connectivity index (χ2n) is 6.05. The van der Waals surface area contributed by atoms with E-state index in [9.17, 15) is 17.2 Å². The molecular formula is C18H15F2N3O2S. The zero-order valence-electron chi connectivity index (χ0n) is 13.6. The summed E-state index contributed by atoms with van der Waals surface area (Å²) in [5.74, 6) is -1.23. The molecule has 0 radical (unpaired) electrons. The Hall–Kier alpha value is -2.74. The van der Waals surface area contributed by atoms with Crippen LogP contribution in [0.2, 0.25) is 0 Å². The minimum atomic E-state index is -4.37. The number of anilines is 1. The van der Waals surface area contributed by atoms with E-state index in [0.29, 0.717) is 0 Å². The topological polar surface area (TPSA) is 64.0 Å². The molecular weight excluding hydrogens is 360 g/mol. The number of aryl methyl sites for hydroxylation is 1. The lowest BCUT2D eigenvalue weighted by Gasteiger charge is -2.11. The van der Waals surface area contributed by atoms with Gasteiger partial charge in [0.25, 0.3) is 10.0 Å². The fraction of sp³-hybridized carbons (Fsp3) is 0.167. The van der Waals surface area contributed by atoms with Crippen molar-refractivity contribution < 1.29 is 17.2 Å². The summed E-state index contributed by atoms with van der Waals surface area (Å²) in [7, 11) is -4.37. The van der Waals surface area contributed by atoms with Crippen molar-refractivity contribution in [2.45, 2.75) is 24.3 Å². The molecule has 2 aromatic carbocycles. The molecule has 0 aliphatic carbocycles. The molecule has 4 rings (SSSR count). The predicted octanol–water partition coefficient (Wildman–Crippen LogP) is 3.58. The summed E-state index contributed by atoms with van der Waals surface area (Å²) in [6.45, 7) is 0.908.